The van der Waals surface area contributed by atoms with Gasteiger partial charge in [0.1, 0.15) is 0 Å². The second-order valence-corrected chi connectivity index (χ2v) is 5.90. The molecule has 0 aromatic carbocycles. The van der Waals surface area contributed by atoms with Gasteiger partial charge in [0.25, 0.3) is 0 Å². The van der Waals surface area contributed by atoms with E-state index < -0.39 is 0 Å². The molecule has 1 N–H and O–H groups in total. The summed E-state index contributed by atoms with van der Waals surface area (Å²) in [5, 5.41) is 3.65. The molecule has 4 aliphatic rings. The minimum Gasteiger partial charge on any atom is -0.310 e. The summed E-state index contributed by atoms with van der Waals surface area (Å²) < 4.78 is 0. The molecule has 3 atom stereocenters. The van der Waals surface area contributed by atoms with Crippen molar-refractivity contribution in [1.82, 2.24) is 5.32 Å². The van der Waals surface area contributed by atoms with Crippen LogP contribution in [0.15, 0.2) is 11.6 Å². The highest BCUT2D eigenvalue weighted by Gasteiger charge is 2.52. The van der Waals surface area contributed by atoms with E-state index >= 15 is 0 Å². The molecule has 1 saturated carbocycles. The predicted molar refractivity (Wildman–Crippen MR) is 59.1 cm³/mol. The first-order chi connectivity index (χ1) is 6.69. The summed E-state index contributed by atoms with van der Waals surface area (Å²) in [5.74, 6) is 1.88. The number of hydrogen-bond acceptors (Lipinski definition) is 1. The molecule has 0 aromatic heterocycles. The molecular formula is C13H21N. The molecule has 4 rings (SSSR count). The maximum absolute atomic E-state index is 3.65. The van der Waals surface area contributed by atoms with Crippen LogP contribution in [0.5, 0.6) is 0 Å². The average Bonchev–Trinajstić information content (AvgIpc) is 2.70. The van der Waals surface area contributed by atoms with Crippen molar-refractivity contribution in [3.05, 3.63) is 11.6 Å². The van der Waals surface area contributed by atoms with E-state index in [1.807, 2.05) is 0 Å². The van der Waals surface area contributed by atoms with E-state index in [0.717, 1.165) is 17.9 Å². The smallest absolute Gasteiger partial charge is 0.0282 e. The fourth-order valence-electron chi connectivity index (χ4n) is 3.76. The van der Waals surface area contributed by atoms with E-state index in [1.54, 1.807) is 5.57 Å². The van der Waals surface area contributed by atoms with Gasteiger partial charge in [-0.25, -0.2) is 0 Å². The molecule has 0 amide bonds. The lowest BCUT2D eigenvalue weighted by Crippen LogP contribution is -2.51. The number of rotatable bonds is 1. The molecule has 0 spiro atoms. The molecule has 1 heterocycles. The first-order valence-electron chi connectivity index (χ1n) is 6.13. The van der Waals surface area contributed by atoms with Crippen LogP contribution >= 0.6 is 0 Å². The Morgan fingerprint density at radius 3 is 2.86 bits per heavy atom. The van der Waals surface area contributed by atoms with Gasteiger partial charge in [-0.3, -0.25) is 0 Å². The average molecular weight is 191 g/mol. The van der Waals surface area contributed by atoms with E-state index in [1.165, 1.54) is 32.2 Å². The van der Waals surface area contributed by atoms with Crippen LogP contribution in [0.2, 0.25) is 0 Å². The zero-order valence-electron chi connectivity index (χ0n) is 9.34. The molecule has 3 unspecified atom stereocenters. The molecule has 2 fully saturated rings. The second kappa shape index (κ2) is 2.85. The van der Waals surface area contributed by atoms with Gasteiger partial charge in [0.15, 0.2) is 0 Å². The number of nitrogens with one attached hydrogen (secondary N) is 1. The van der Waals surface area contributed by atoms with E-state index in [-0.39, 0.29) is 0 Å². The molecule has 14 heavy (non-hydrogen) atoms. The largest absolute Gasteiger partial charge is 0.310 e. The Hall–Kier alpha value is -0.300. The number of hydrogen-bond donors (Lipinski definition) is 1. The molecule has 2 bridgehead atoms. The van der Waals surface area contributed by atoms with Crippen LogP contribution in [0.4, 0.5) is 0 Å². The van der Waals surface area contributed by atoms with Gasteiger partial charge >= 0.3 is 0 Å². The zero-order valence-corrected chi connectivity index (χ0v) is 9.34. The van der Waals surface area contributed by atoms with Gasteiger partial charge in [-0.05, 0) is 49.5 Å². The van der Waals surface area contributed by atoms with E-state index in [0.29, 0.717) is 5.41 Å². The number of fused-ring (bicyclic) bond motifs is 1. The van der Waals surface area contributed by atoms with Gasteiger partial charge in [-0.15, -0.1) is 0 Å². The van der Waals surface area contributed by atoms with Crippen LogP contribution in [0.3, 0.4) is 0 Å². The Morgan fingerprint density at radius 2 is 2.29 bits per heavy atom. The summed E-state index contributed by atoms with van der Waals surface area (Å²) >= 11 is 0. The van der Waals surface area contributed by atoms with Crippen molar-refractivity contribution in [2.45, 2.75) is 45.6 Å². The summed E-state index contributed by atoms with van der Waals surface area (Å²) in [6.07, 6.45) is 8.11. The Morgan fingerprint density at radius 1 is 1.43 bits per heavy atom. The standard InChI is InChI=1S/C13H21N/c1-13(2)9-5-6-10(11(13)8-9)12-4-3-7-14-12/h6,9,11-12,14H,3-5,7-8H2,1-2H3. The Bertz CT molecular complexity index is 271. The van der Waals surface area contributed by atoms with Crippen molar-refractivity contribution < 1.29 is 0 Å². The highest BCUT2D eigenvalue weighted by molar-refractivity contribution is 5.28. The first-order valence-corrected chi connectivity index (χ1v) is 6.13. The van der Waals surface area contributed by atoms with Crippen molar-refractivity contribution >= 4 is 0 Å². The third-order valence-corrected chi connectivity index (χ3v) is 4.97. The molecule has 1 heteroatoms. The van der Waals surface area contributed by atoms with E-state index in [9.17, 15) is 0 Å². The minimum atomic E-state index is 0.606. The summed E-state index contributed by atoms with van der Waals surface area (Å²) in [4.78, 5) is 0. The molecule has 1 nitrogen and oxygen atoms in total. The SMILES string of the molecule is CC1(C)C2CC=C(C3CCCN3)C1C2. The van der Waals surface area contributed by atoms with Crippen LogP contribution in [0.25, 0.3) is 0 Å². The summed E-state index contributed by atoms with van der Waals surface area (Å²) in [6.45, 7) is 6.17. The quantitative estimate of drug-likeness (QED) is 0.628. The summed E-state index contributed by atoms with van der Waals surface area (Å²) in [6, 6.07) is 0.737. The normalized spacial score (nSPS) is 44.4. The highest BCUT2D eigenvalue weighted by Crippen LogP contribution is 2.60. The molecule has 1 aliphatic heterocycles. The first kappa shape index (κ1) is 8.96. The third-order valence-electron chi connectivity index (χ3n) is 4.97. The van der Waals surface area contributed by atoms with E-state index in [2.05, 4.69) is 25.2 Å². The fraction of sp³-hybridized carbons (Fsp3) is 0.846. The van der Waals surface area contributed by atoms with Gasteiger partial charge in [0.2, 0.25) is 0 Å². The van der Waals surface area contributed by atoms with Gasteiger partial charge in [0.05, 0.1) is 0 Å². The fourth-order valence-corrected chi connectivity index (χ4v) is 3.76. The van der Waals surface area contributed by atoms with Gasteiger partial charge in [-0.1, -0.05) is 25.5 Å². The molecule has 3 aliphatic carbocycles. The molecule has 0 radical (unpaired) electrons. The lowest BCUT2D eigenvalue weighted by Gasteiger charge is -2.57. The third kappa shape index (κ3) is 1.05. The molecule has 1 saturated heterocycles. The van der Waals surface area contributed by atoms with Crippen LogP contribution < -0.4 is 5.32 Å². The van der Waals surface area contributed by atoms with Crippen LogP contribution in [-0.2, 0) is 0 Å². The Balaban J connectivity index is 1.83. The van der Waals surface area contributed by atoms with Gasteiger partial charge in [-0.2, -0.15) is 0 Å². The highest BCUT2D eigenvalue weighted by atomic mass is 14.9. The van der Waals surface area contributed by atoms with Crippen LogP contribution in [0, 0.1) is 17.3 Å². The lowest BCUT2D eigenvalue weighted by atomic mass is 9.48. The van der Waals surface area contributed by atoms with Crippen molar-refractivity contribution in [1.29, 1.82) is 0 Å². The summed E-state index contributed by atoms with van der Waals surface area (Å²) in [5.41, 5.74) is 2.36. The van der Waals surface area contributed by atoms with Gasteiger partial charge in [0, 0.05) is 6.04 Å². The maximum Gasteiger partial charge on any atom is 0.0282 e. The minimum absolute atomic E-state index is 0.606. The predicted octanol–water partition coefficient (Wildman–Crippen LogP) is 2.73. The molecule has 78 valence electrons. The molecule has 0 aromatic rings. The van der Waals surface area contributed by atoms with Crippen molar-refractivity contribution in [2.75, 3.05) is 6.54 Å². The van der Waals surface area contributed by atoms with Crippen LogP contribution in [0.1, 0.15) is 39.5 Å². The summed E-state index contributed by atoms with van der Waals surface area (Å²) in [7, 11) is 0. The number of allylic oxidation sites excluding steroid dienone is 1. The second-order valence-electron chi connectivity index (χ2n) is 5.90. The Kier molecular flexibility index (Phi) is 1.82. The maximum atomic E-state index is 3.65. The van der Waals surface area contributed by atoms with Crippen molar-refractivity contribution in [3.63, 3.8) is 0 Å². The van der Waals surface area contributed by atoms with Crippen molar-refractivity contribution in [2.24, 2.45) is 17.3 Å². The monoisotopic (exact) mass is 191 g/mol. The lowest BCUT2D eigenvalue weighted by molar-refractivity contribution is -0.0103. The Labute approximate surface area is 87.0 Å². The van der Waals surface area contributed by atoms with E-state index in [4.69, 9.17) is 0 Å². The van der Waals surface area contributed by atoms with Crippen molar-refractivity contribution in [3.8, 4) is 0 Å². The van der Waals surface area contributed by atoms with Gasteiger partial charge < -0.3 is 5.32 Å². The van der Waals surface area contributed by atoms with Crippen LogP contribution in [-0.4, -0.2) is 12.6 Å². The zero-order chi connectivity index (χ0) is 9.76. The topological polar surface area (TPSA) is 12.0 Å². The molecular weight excluding hydrogens is 170 g/mol.